The van der Waals surface area contributed by atoms with E-state index in [1.165, 1.54) is 0 Å². The Morgan fingerprint density at radius 2 is 1.94 bits per heavy atom. The number of nitrogens with zero attached hydrogens (tertiary/aromatic N) is 1. The Bertz CT molecular complexity index is 733. The number of ether oxygens (including phenoxy) is 1. The van der Waals surface area contributed by atoms with E-state index in [4.69, 9.17) is 10.5 Å². The summed E-state index contributed by atoms with van der Waals surface area (Å²) in [7, 11) is 0. The predicted octanol–water partition coefficient (Wildman–Crippen LogP) is 1.97. The van der Waals surface area contributed by atoms with E-state index in [2.05, 4.69) is 10.6 Å². The SMILES string of the molecule is CC(C)(C)OC(=O)N[C@H](Cc1ccccc1)C(=O)N1CCC[C@H]1CNC(=O)CCCN. The minimum absolute atomic E-state index is 0.0579. The number of rotatable bonds is 9. The second-order valence-electron chi connectivity index (χ2n) is 8.91. The topological polar surface area (TPSA) is 114 Å². The molecule has 2 rings (SSSR count). The summed E-state index contributed by atoms with van der Waals surface area (Å²) in [4.78, 5) is 39.5. The Hall–Kier alpha value is -2.61. The van der Waals surface area contributed by atoms with Gasteiger partial charge in [-0.3, -0.25) is 9.59 Å². The van der Waals surface area contributed by atoms with Crippen LogP contribution in [0.15, 0.2) is 30.3 Å². The quantitative estimate of drug-likeness (QED) is 0.552. The number of carbonyl (C=O) groups excluding carboxylic acids is 3. The van der Waals surface area contributed by atoms with Crippen molar-refractivity contribution < 1.29 is 19.1 Å². The summed E-state index contributed by atoms with van der Waals surface area (Å²) in [5.74, 6) is -0.217. The van der Waals surface area contributed by atoms with Gasteiger partial charge in [0.2, 0.25) is 11.8 Å². The van der Waals surface area contributed by atoms with Gasteiger partial charge in [-0.2, -0.15) is 0 Å². The van der Waals surface area contributed by atoms with Crippen LogP contribution in [-0.2, 0) is 20.7 Å². The normalized spacial score (nSPS) is 17.2. The summed E-state index contributed by atoms with van der Waals surface area (Å²) in [6.07, 6.45) is 2.44. The predicted molar refractivity (Wildman–Crippen MR) is 119 cm³/mol. The van der Waals surface area contributed by atoms with Crippen LogP contribution in [0.3, 0.4) is 0 Å². The molecule has 2 atom stereocenters. The Labute approximate surface area is 184 Å². The van der Waals surface area contributed by atoms with Gasteiger partial charge in [0.1, 0.15) is 11.6 Å². The molecule has 3 amide bonds. The van der Waals surface area contributed by atoms with Gasteiger partial charge < -0.3 is 26.0 Å². The molecule has 0 bridgehead atoms. The van der Waals surface area contributed by atoms with E-state index < -0.39 is 17.7 Å². The smallest absolute Gasteiger partial charge is 0.408 e. The number of hydrogen-bond acceptors (Lipinski definition) is 5. The number of nitrogens with one attached hydrogen (secondary N) is 2. The van der Waals surface area contributed by atoms with Crippen LogP contribution in [0.5, 0.6) is 0 Å². The van der Waals surface area contributed by atoms with Crippen molar-refractivity contribution in [2.75, 3.05) is 19.6 Å². The maximum Gasteiger partial charge on any atom is 0.408 e. The summed E-state index contributed by atoms with van der Waals surface area (Å²) in [5, 5.41) is 5.66. The molecule has 1 fully saturated rings. The van der Waals surface area contributed by atoms with Gasteiger partial charge in [-0.15, -0.1) is 0 Å². The van der Waals surface area contributed by atoms with Crippen molar-refractivity contribution in [2.24, 2.45) is 5.73 Å². The lowest BCUT2D eigenvalue weighted by Crippen LogP contribution is -2.53. The molecule has 0 aromatic heterocycles. The molecule has 0 saturated carbocycles. The van der Waals surface area contributed by atoms with Gasteiger partial charge >= 0.3 is 6.09 Å². The molecule has 0 radical (unpaired) electrons. The number of likely N-dealkylation sites (tertiary alicyclic amines) is 1. The average Bonchev–Trinajstić information content (AvgIpc) is 3.17. The first kappa shape index (κ1) is 24.7. The van der Waals surface area contributed by atoms with Crippen molar-refractivity contribution in [1.29, 1.82) is 0 Å². The molecule has 1 aliphatic heterocycles. The Morgan fingerprint density at radius 1 is 1.23 bits per heavy atom. The molecule has 172 valence electrons. The number of amides is 3. The monoisotopic (exact) mass is 432 g/mol. The fraction of sp³-hybridized carbons (Fsp3) is 0.609. The second kappa shape index (κ2) is 11.7. The minimum atomic E-state index is -0.745. The van der Waals surface area contributed by atoms with Crippen molar-refractivity contribution in [3.63, 3.8) is 0 Å². The molecular weight excluding hydrogens is 396 g/mol. The van der Waals surface area contributed by atoms with Crippen molar-refractivity contribution in [1.82, 2.24) is 15.5 Å². The van der Waals surface area contributed by atoms with Crippen LogP contribution in [0.1, 0.15) is 52.0 Å². The molecule has 8 heteroatoms. The summed E-state index contributed by atoms with van der Waals surface area (Å²) in [6.45, 7) is 6.82. The van der Waals surface area contributed by atoms with Crippen LogP contribution >= 0.6 is 0 Å². The van der Waals surface area contributed by atoms with Crippen LogP contribution in [0.25, 0.3) is 0 Å². The first-order valence-electron chi connectivity index (χ1n) is 11.0. The van der Waals surface area contributed by atoms with Crippen LogP contribution in [0, 0.1) is 0 Å². The molecule has 0 aliphatic carbocycles. The zero-order valence-electron chi connectivity index (χ0n) is 18.9. The number of nitrogens with two attached hydrogens (primary N) is 1. The highest BCUT2D eigenvalue weighted by molar-refractivity contribution is 5.86. The lowest BCUT2D eigenvalue weighted by Gasteiger charge is -2.30. The maximum absolute atomic E-state index is 13.4. The third-order valence-electron chi connectivity index (χ3n) is 5.07. The van der Waals surface area contributed by atoms with Gasteiger partial charge in [0.05, 0.1) is 0 Å². The van der Waals surface area contributed by atoms with Crippen molar-refractivity contribution >= 4 is 17.9 Å². The van der Waals surface area contributed by atoms with Crippen LogP contribution in [0.2, 0.25) is 0 Å². The van der Waals surface area contributed by atoms with Gasteiger partial charge in [0, 0.05) is 32.0 Å². The van der Waals surface area contributed by atoms with Crippen molar-refractivity contribution in [3.8, 4) is 0 Å². The van der Waals surface area contributed by atoms with Crippen LogP contribution in [0.4, 0.5) is 4.79 Å². The molecule has 1 aliphatic rings. The van der Waals surface area contributed by atoms with E-state index in [0.717, 1.165) is 18.4 Å². The Kier molecular flexibility index (Phi) is 9.30. The van der Waals surface area contributed by atoms with E-state index in [0.29, 0.717) is 38.9 Å². The van der Waals surface area contributed by atoms with Gasteiger partial charge in [-0.05, 0) is 52.1 Å². The van der Waals surface area contributed by atoms with E-state index in [1.54, 1.807) is 25.7 Å². The lowest BCUT2D eigenvalue weighted by molar-refractivity contribution is -0.134. The molecule has 1 heterocycles. The van der Waals surface area contributed by atoms with E-state index in [1.807, 2.05) is 30.3 Å². The second-order valence-corrected chi connectivity index (χ2v) is 8.91. The molecule has 31 heavy (non-hydrogen) atoms. The highest BCUT2D eigenvalue weighted by atomic mass is 16.6. The Morgan fingerprint density at radius 3 is 2.58 bits per heavy atom. The fourth-order valence-electron chi connectivity index (χ4n) is 3.62. The number of benzene rings is 1. The van der Waals surface area contributed by atoms with Gasteiger partial charge in [0.25, 0.3) is 0 Å². The van der Waals surface area contributed by atoms with Crippen molar-refractivity contribution in [3.05, 3.63) is 35.9 Å². The lowest BCUT2D eigenvalue weighted by atomic mass is 10.0. The van der Waals surface area contributed by atoms with E-state index in [9.17, 15) is 14.4 Å². The molecule has 8 nitrogen and oxygen atoms in total. The highest BCUT2D eigenvalue weighted by Gasteiger charge is 2.34. The fourth-order valence-corrected chi connectivity index (χ4v) is 3.62. The standard InChI is InChI=1S/C23H36N4O4/c1-23(2,3)31-22(30)26-19(15-17-9-5-4-6-10-17)21(29)27-14-8-11-18(27)16-25-20(28)12-7-13-24/h4-6,9-10,18-19H,7-8,11-16,24H2,1-3H3,(H,25,28)(H,26,30)/t18-,19+/m0/s1. The van der Waals surface area contributed by atoms with Crippen molar-refractivity contribution in [2.45, 2.75) is 70.6 Å². The summed E-state index contributed by atoms with van der Waals surface area (Å²) >= 11 is 0. The highest BCUT2D eigenvalue weighted by Crippen LogP contribution is 2.19. The minimum Gasteiger partial charge on any atom is -0.444 e. The molecule has 1 aromatic rings. The average molecular weight is 433 g/mol. The third kappa shape index (κ3) is 8.57. The first-order chi connectivity index (χ1) is 14.7. The summed E-state index contributed by atoms with van der Waals surface area (Å²) in [6, 6.07) is 8.73. The largest absolute Gasteiger partial charge is 0.444 e. The molecule has 1 saturated heterocycles. The number of hydrogen-bond donors (Lipinski definition) is 3. The summed E-state index contributed by atoms with van der Waals surface area (Å²) < 4.78 is 5.37. The van der Waals surface area contributed by atoms with E-state index >= 15 is 0 Å². The zero-order valence-corrected chi connectivity index (χ0v) is 18.9. The molecular formula is C23H36N4O4. The number of carbonyl (C=O) groups is 3. The van der Waals surface area contributed by atoms with E-state index in [-0.39, 0.29) is 17.9 Å². The third-order valence-corrected chi connectivity index (χ3v) is 5.07. The maximum atomic E-state index is 13.4. The molecule has 4 N–H and O–H groups in total. The zero-order chi connectivity index (χ0) is 22.9. The molecule has 1 aromatic carbocycles. The summed E-state index contributed by atoms with van der Waals surface area (Å²) in [5.41, 5.74) is 5.74. The Balaban J connectivity index is 2.07. The molecule has 0 unspecified atom stereocenters. The number of alkyl carbamates (subject to hydrolysis) is 1. The molecule has 0 spiro atoms. The van der Waals surface area contributed by atoms with Gasteiger partial charge in [0.15, 0.2) is 0 Å². The first-order valence-corrected chi connectivity index (χ1v) is 11.0. The van der Waals surface area contributed by atoms with Gasteiger partial charge in [-0.25, -0.2) is 4.79 Å². The van der Waals surface area contributed by atoms with Crippen LogP contribution < -0.4 is 16.4 Å². The van der Waals surface area contributed by atoms with Crippen LogP contribution in [-0.4, -0.2) is 60.1 Å². The van der Waals surface area contributed by atoms with Gasteiger partial charge in [-0.1, -0.05) is 30.3 Å².